The molecule has 6 nitrogen and oxygen atoms in total. The summed E-state index contributed by atoms with van der Waals surface area (Å²) in [6.45, 7) is 6.60. The van der Waals surface area contributed by atoms with E-state index in [-0.39, 0.29) is 17.2 Å². The van der Waals surface area contributed by atoms with Crippen LogP contribution in [0.3, 0.4) is 0 Å². The molecule has 4 rings (SSSR count). The molecule has 6 heteroatoms. The fourth-order valence-electron chi connectivity index (χ4n) is 5.12. The number of aryl methyl sites for hydroxylation is 2. The normalized spacial score (nSPS) is 30.5. The molecule has 3 fully saturated rings. The van der Waals surface area contributed by atoms with Gasteiger partial charge >= 0.3 is 0 Å². The lowest BCUT2D eigenvalue weighted by Crippen LogP contribution is -2.45. The molecule has 0 bridgehead atoms. The van der Waals surface area contributed by atoms with Gasteiger partial charge in [-0.25, -0.2) is 5.06 Å². The van der Waals surface area contributed by atoms with E-state index in [0.717, 1.165) is 57.6 Å². The summed E-state index contributed by atoms with van der Waals surface area (Å²) < 4.78 is 1.89. The summed E-state index contributed by atoms with van der Waals surface area (Å²) in [5, 5.41) is 6.13. The maximum Gasteiger partial charge on any atom is 0.249 e. The van der Waals surface area contributed by atoms with Crippen molar-refractivity contribution in [3.05, 3.63) is 17.5 Å². The van der Waals surface area contributed by atoms with E-state index in [9.17, 15) is 4.79 Å². The smallest absolute Gasteiger partial charge is 0.249 e. The zero-order valence-electron chi connectivity index (χ0n) is 15.5. The van der Waals surface area contributed by atoms with Crippen LogP contribution in [-0.2, 0) is 23.2 Å². The van der Waals surface area contributed by atoms with Crippen LogP contribution in [0.15, 0.2) is 6.20 Å². The van der Waals surface area contributed by atoms with Crippen molar-refractivity contribution in [1.29, 1.82) is 0 Å². The van der Waals surface area contributed by atoms with Gasteiger partial charge in [0, 0.05) is 44.4 Å². The Morgan fingerprint density at radius 2 is 2.20 bits per heavy atom. The van der Waals surface area contributed by atoms with Gasteiger partial charge in [0.25, 0.3) is 0 Å². The molecule has 1 aliphatic carbocycles. The minimum Gasteiger partial charge on any atom is -0.298 e. The lowest BCUT2D eigenvalue weighted by atomic mass is 9.76. The SMILES string of the molecule is Cc1nn(C)cc1CN1CC[C@@]2(CCC[C@@H]2C(=O)N2CCCCO2)C1. The van der Waals surface area contributed by atoms with E-state index in [0.29, 0.717) is 6.61 Å². The van der Waals surface area contributed by atoms with Gasteiger partial charge in [-0.1, -0.05) is 6.42 Å². The molecule has 0 radical (unpaired) electrons. The highest BCUT2D eigenvalue weighted by Crippen LogP contribution is 2.50. The third-order valence-corrected chi connectivity index (χ3v) is 6.43. The first-order chi connectivity index (χ1) is 12.1. The summed E-state index contributed by atoms with van der Waals surface area (Å²) in [6.07, 6.45) is 8.77. The predicted octanol–water partition coefficient (Wildman–Crippen LogP) is 2.27. The highest BCUT2D eigenvalue weighted by atomic mass is 16.7. The third kappa shape index (κ3) is 3.22. The van der Waals surface area contributed by atoms with Crippen molar-refractivity contribution < 1.29 is 9.63 Å². The Kier molecular flexibility index (Phi) is 4.58. The molecular weight excluding hydrogens is 316 g/mol. The molecule has 1 spiro atoms. The summed E-state index contributed by atoms with van der Waals surface area (Å²) in [6, 6.07) is 0. The number of hydrogen-bond donors (Lipinski definition) is 0. The van der Waals surface area contributed by atoms with Crippen LogP contribution in [0.4, 0.5) is 0 Å². The van der Waals surface area contributed by atoms with Gasteiger partial charge in [0.1, 0.15) is 0 Å². The number of carbonyl (C=O) groups excluding carboxylic acids is 1. The Morgan fingerprint density at radius 3 is 2.92 bits per heavy atom. The molecule has 1 amide bonds. The van der Waals surface area contributed by atoms with Gasteiger partial charge in [-0.15, -0.1) is 0 Å². The number of likely N-dealkylation sites (tertiary alicyclic amines) is 1. The summed E-state index contributed by atoms with van der Waals surface area (Å²) >= 11 is 0. The molecular formula is C19H30N4O2. The number of aromatic nitrogens is 2. The van der Waals surface area contributed by atoms with Gasteiger partial charge in [-0.3, -0.25) is 19.2 Å². The first-order valence-electron chi connectivity index (χ1n) is 9.73. The molecule has 138 valence electrons. The third-order valence-electron chi connectivity index (χ3n) is 6.43. The minimum atomic E-state index is 0.144. The first-order valence-corrected chi connectivity index (χ1v) is 9.73. The molecule has 1 aromatic heterocycles. The maximum atomic E-state index is 13.1. The number of amides is 1. The van der Waals surface area contributed by atoms with E-state index in [1.165, 1.54) is 18.4 Å². The van der Waals surface area contributed by atoms with Crippen LogP contribution in [0.1, 0.15) is 49.8 Å². The topological polar surface area (TPSA) is 50.6 Å². The van der Waals surface area contributed by atoms with Crippen molar-refractivity contribution in [1.82, 2.24) is 19.7 Å². The number of rotatable bonds is 3. The van der Waals surface area contributed by atoms with E-state index in [4.69, 9.17) is 4.84 Å². The quantitative estimate of drug-likeness (QED) is 0.842. The van der Waals surface area contributed by atoms with Gasteiger partial charge in [-0.2, -0.15) is 5.10 Å². The molecule has 0 aromatic carbocycles. The van der Waals surface area contributed by atoms with Gasteiger partial charge in [-0.05, 0) is 51.0 Å². The Bertz CT molecular complexity index is 637. The monoisotopic (exact) mass is 346 g/mol. The first kappa shape index (κ1) is 17.0. The van der Waals surface area contributed by atoms with Gasteiger partial charge in [0.15, 0.2) is 0 Å². The molecule has 2 aliphatic heterocycles. The summed E-state index contributed by atoms with van der Waals surface area (Å²) in [7, 11) is 1.98. The molecule has 3 aliphatic rings. The second-order valence-corrected chi connectivity index (χ2v) is 8.16. The largest absolute Gasteiger partial charge is 0.298 e. The minimum absolute atomic E-state index is 0.144. The van der Waals surface area contributed by atoms with Crippen molar-refractivity contribution in [3.63, 3.8) is 0 Å². The Hall–Kier alpha value is -1.40. The summed E-state index contributed by atoms with van der Waals surface area (Å²) in [4.78, 5) is 21.2. The van der Waals surface area contributed by atoms with Crippen molar-refractivity contribution in [2.24, 2.45) is 18.4 Å². The average Bonchev–Trinajstić information content (AvgIpc) is 3.29. The fourth-order valence-corrected chi connectivity index (χ4v) is 5.12. The molecule has 0 N–H and O–H groups in total. The van der Waals surface area contributed by atoms with E-state index in [1.807, 2.05) is 11.7 Å². The number of carbonyl (C=O) groups is 1. The molecule has 1 saturated carbocycles. The maximum absolute atomic E-state index is 13.1. The lowest BCUT2D eigenvalue weighted by Gasteiger charge is -2.35. The highest BCUT2D eigenvalue weighted by molar-refractivity contribution is 5.79. The van der Waals surface area contributed by atoms with Crippen LogP contribution in [0.25, 0.3) is 0 Å². The second kappa shape index (κ2) is 6.72. The molecule has 2 atom stereocenters. The average molecular weight is 346 g/mol. The Balaban J connectivity index is 1.44. The summed E-state index contributed by atoms with van der Waals surface area (Å²) in [5.41, 5.74) is 2.58. The number of nitrogens with zero attached hydrogens (tertiary/aromatic N) is 4. The van der Waals surface area contributed by atoms with E-state index in [1.54, 1.807) is 5.06 Å². The number of hydrogen-bond acceptors (Lipinski definition) is 4. The Morgan fingerprint density at radius 1 is 1.32 bits per heavy atom. The van der Waals surface area contributed by atoms with Crippen molar-refractivity contribution in [2.45, 2.75) is 52.0 Å². The summed E-state index contributed by atoms with van der Waals surface area (Å²) in [5.74, 6) is 0.391. The van der Waals surface area contributed by atoms with Crippen molar-refractivity contribution in [3.8, 4) is 0 Å². The standard InChI is InChI=1S/C19H30N4O2/c1-15-16(12-21(2)20-15)13-22-10-8-19(14-22)7-5-6-17(19)18(24)23-9-3-4-11-25-23/h12,17H,3-11,13-14H2,1-2H3/t17-,19+/m1/s1. The second-order valence-electron chi connectivity index (χ2n) is 8.16. The zero-order valence-corrected chi connectivity index (χ0v) is 15.5. The molecule has 2 saturated heterocycles. The van der Waals surface area contributed by atoms with Gasteiger partial charge in [0.05, 0.1) is 12.3 Å². The number of hydroxylamine groups is 2. The van der Waals surface area contributed by atoms with Crippen molar-refractivity contribution >= 4 is 5.91 Å². The molecule has 25 heavy (non-hydrogen) atoms. The van der Waals surface area contributed by atoms with Gasteiger partial charge in [0.2, 0.25) is 5.91 Å². The lowest BCUT2D eigenvalue weighted by molar-refractivity contribution is -0.204. The van der Waals surface area contributed by atoms with Crippen LogP contribution in [-0.4, -0.2) is 51.9 Å². The fraction of sp³-hybridized carbons (Fsp3) is 0.789. The van der Waals surface area contributed by atoms with Gasteiger partial charge < -0.3 is 0 Å². The van der Waals surface area contributed by atoms with E-state index < -0.39 is 0 Å². The van der Waals surface area contributed by atoms with Crippen LogP contribution >= 0.6 is 0 Å². The highest BCUT2D eigenvalue weighted by Gasteiger charge is 2.51. The zero-order chi connectivity index (χ0) is 17.4. The van der Waals surface area contributed by atoms with Crippen LogP contribution in [0, 0.1) is 18.3 Å². The van der Waals surface area contributed by atoms with Crippen molar-refractivity contribution in [2.75, 3.05) is 26.2 Å². The van der Waals surface area contributed by atoms with Crippen LogP contribution < -0.4 is 0 Å². The molecule has 3 heterocycles. The van der Waals surface area contributed by atoms with E-state index >= 15 is 0 Å². The Labute approximate surface area is 150 Å². The predicted molar refractivity (Wildman–Crippen MR) is 94.5 cm³/mol. The van der Waals surface area contributed by atoms with Crippen LogP contribution in [0.5, 0.6) is 0 Å². The molecule has 1 aromatic rings. The van der Waals surface area contributed by atoms with Crippen LogP contribution in [0.2, 0.25) is 0 Å². The van der Waals surface area contributed by atoms with E-state index in [2.05, 4.69) is 23.1 Å². The molecule has 0 unspecified atom stereocenters.